The molecule has 2 aromatic rings. The van der Waals surface area contributed by atoms with E-state index in [4.69, 9.17) is 0 Å². The van der Waals surface area contributed by atoms with Gasteiger partial charge in [-0.05, 0) is 48.6 Å². The van der Waals surface area contributed by atoms with Gasteiger partial charge >= 0.3 is 6.03 Å². The van der Waals surface area contributed by atoms with Crippen LogP contribution in [0.2, 0.25) is 0 Å². The first-order valence-electron chi connectivity index (χ1n) is 10.5. The van der Waals surface area contributed by atoms with Crippen LogP contribution >= 0.6 is 0 Å². The number of hydrogen-bond donors (Lipinski definition) is 3. The molecule has 31 heavy (non-hydrogen) atoms. The number of hydrogen-bond acceptors (Lipinski definition) is 3. The van der Waals surface area contributed by atoms with Crippen molar-refractivity contribution in [2.45, 2.75) is 26.2 Å². The van der Waals surface area contributed by atoms with E-state index in [-0.39, 0.29) is 24.3 Å². The van der Waals surface area contributed by atoms with E-state index in [1.165, 1.54) is 6.07 Å². The maximum atomic E-state index is 13.4. The lowest BCUT2D eigenvalue weighted by Gasteiger charge is -2.19. The van der Waals surface area contributed by atoms with E-state index < -0.39 is 11.6 Å². The van der Waals surface area contributed by atoms with Gasteiger partial charge in [-0.15, -0.1) is 0 Å². The summed E-state index contributed by atoms with van der Waals surface area (Å²) >= 11 is 0. The van der Waals surface area contributed by atoms with E-state index in [0.29, 0.717) is 31.0 Å². The number of rotatable bonds is 8. The Morgan fingerprint density at radius 3 is 2.55 bits per heavy atom. The molecule has 1 fully saturated rings. The lowest BCUT2D eigenvalue weighted by Crippen LogP contribution is -2.32. The van der Waals surface area contributed by atoms with Gasteiger partial charge in [0.1, 0.15) is 0 Å². The Balaban J connectivity index is 1.41. The molecule has 0 aromatic heterocycles. The summed E-state index contributed by atoms with van der Waals surface area (Å²) in [5.41, 5.74) is 2.18. The van der Waals surface area contributed by atoms with Gasteiger partial charge in [0, 0.05) is 43.6 Å². The normalized spacial score (nSPS) is 15.6. The maximum absolute atomic E-state index is 13.4. The Bertz CT molecular complexity index is 905. The first-order valence-corrected chi connectivity index (χ1v) is 10.5. The summed E-state index contributed by atoms with van der Waals surface area (Å²) in [4.78, 5) is 26.0. The predicted octanol–water partition coefficient (Wildman–Crippen LogP) is 3.68. The Labute approximate surface area is 181 Å². The Morgan fingerprint density at radius 1 is 1.06 bits per heavy atom. The van der Waals surface area contributed by atoms with Crippen LogP contribution in [0.15, 0.2) is 42.5 Å². The van der Waals surface area contributed by atoms with Crippen molar-refractivity contribution < 1.29 is 18.4 Å². The smallest absolute Gasteiger partial charge is 0.319 e. The van der Waals surface area contributed by atoms with Gasteiger partial charge in [0.25, 0.3) is 0 Å². The van der Waals surface area contributed by atoms with E-state index in [1.54, 1.807) is 18.2 Å². The van der Waals surface area contributed by atoms with Crippen LogP contribution in [0.3, 0.4) is 0 Å². The predicted molar refractivity (Wildman–Crippen MR) is 117 cm³/mol. The average Bonchev–Trinajstić information content (AvgIpc) is 3.23. The third kappa shape index (κ3) is 6.67. The van der Waals surface area contributed by atoms with E-state index in [0.717, 1.165) is 31.0 Å². The molecule has 6 nitrogen and oxygen atoms in total. The van der Waals surface area contributed by atoms with Crippen LogP contribution in [0.5, 0.6) is 0 Å². The largest absolute Gasteiger partial charge is 0.371 e. The summed E-state index contributed by atoms with van der Waals surface area (Å²) in [7, 11) is 0. The van der Waals surface area contributed by atoms with Crippen LogP contribution in [-0.2, 0) is 11.2 Å². The van der Waals surface area contributed by atoms with Gasteiger partial charge in [-0.25, -0.2) is 13.6 Å². The minimum Gasteiger partial charge on any atom is -0.371 e. The first kappa shape index (κ1) is 22.5. The van der Waals surface area contributed by atoms with Crippen molar-refractivity contribution in [2.75, 3.05) is 36.4 Å². The number of nitrogens with one attached hydrogen (secondary N) is 3. The average molecular weight is 430 g/mol. The number of nitrogens with zero attached hydrogens (tertiary/aromatic N) is 1. The Kier molecular flexibility index (Phi) is 7.81. The summed E-state index contributed by atoms with van der Waals surface area (Å²) in [5, 5.41) is 8.44. The second-order valence-corrected chi connectivity index (χ2v) is 7.76. The topological polar surface area (TPSA) is 73.5 Å². The fourth-order valence-electron chi connectivity index (χ4n) is 3.54. The van der Waals surface area contributed by atoms with Gasteiger partial charge in [0.05, 0.1) is 6.42 Å². The monoisotopic (exact) mass is 430 g/mol. The van der Waals surface area contributed by atoms with Crippen molar-refractivity contribution in [3.8, 4) is 0 Å². The van der Waals surface area contributed by atoms with Gasteiger partial charge in [0.2, 0.25) is 5.91 Å². The maximum Gasteiger partial charge on any atom is 0.319 e. The molecule has 2 aromatic carbocycles. The van der Waals surface area contributed by atoms with Crippen LogP contribution in [0.4, 0.5) is 25.0 Å². The standard InChI is InChI=1S/C23H28F2N4O2/c1-2-10-26-23(31)28-18-5-3-16(4-6-18)12-22(30)27-14-17-9-11-29(15-17)19-7-8-20(24)21(25)13-19/h3-8,13,17H,2,9-12,14-15H2,1H3,(H,27,30)(H2,26,28,31). The molecule has 1 heterocycles. The zero-order chi connectivity index (χ0) is 22.2. The Morgan fingerprint density at radius 2 is 1.84 bits per heavy atom. The lowest BCUT2D eigenvalue weighted by atomic mass is 10.1. The van der Waals surface area contributed by atoms with Crippen molar-refractivity contribution in [2.24, 2.45) is 5.92 Å². The lowest BCUT2D eigenvalue weighted by molar-refractivity contribution is -0.120. The fourth-order valence-corrected chi connectivity index (χ4v) is 3.54. The third-order valence-electron chi connectivity index (χ3n) is 5.25. The molecule has 0 aliphatic carbocycles. The van der Waals surface area contributed by atoms with Crippen LogP contribution in [-0.4, -0.2) is 38.1 Å². The van der Waals surface area contributed by atoms with Gasteiger partial charge < -0.3 is 20.9 Å². The summed E-state index contributed by atoms with van der Waals surface area (Å²) in [5.74, 6) is -1.52. The van der Waals surface area contributed by atoms with E-state index >= 15 is 0 Å². The SMILES string of the molecule is CCCNC(=O)Nc1ccc(CC(=O)NCC2CCN(c3ccc(F)c(F)c3)C2)cc1. The molecule has 8 heteroatoms. The summed E-state index contributed by atoms with van der Waals surface area (Å²) in [6.45, 7) is 4.56. The first-order chi connectivity index (χ1) is 14.9. The molecule has 1 atom stereocenters. The summed E-state index contributed by atoms with van der Waals surface area (Å²) < 4.78 is 26.6. The zero-order valence-corrected chi connectivity index (χ0v) is 17.6. The minimum absolute atomic E-state index is 0.0762. The van der Waals surface area contributed by atoms with E-state index in [2.05, 4.69) is 16.0 Å². The van der Waals surface area contributed by atoms with Gasteiger partial charge in [-0.3, -0.25) is 4.79 Å². The molecule has 166 valence electrons. The quantitative estimate of drug-likeness (QED) is 0.598. The number of halogens is 2. The summed E-state index contributed by atoms with van der Waals surface area (Å²) in [6, 6.07) is 10.8. The highest BCUT2D eigenvalue weighted by atomic mass is 19.2. The molecule has 3 amide bonds. The molecule has 1 aliphatic rings. The number of amides is 3. The number of anilines is 2. The van der Waals surface area contributed by atoms with Gasteiger partial charge in [-0.1, -0.05) is 19.1 Å². The second-order valence-electron chi connectivity index (χ2n) is 7.76. The Hall–Kier alpha value is -3.16. The van der Waals surface area contributed by atoms with Crippen LogP contribution in [0.1, 0.15) is 25.3 Å². The molecule has 0 bridgehead atoms. The number of carbonyl (C=O) groups excluding carboxylic acids is 2. The third-order valence-corrected chi connectivity index (χ3v) is 5.25. The van der Waals surface area contributed by atoms with Crippen LogP contribution in [0.25, 0.3) is 0 Å². The molecule has 1 unspecified atom stereocenters. The van der Waals surface area contributed by atoms with Crippen molar-refractivity contribution in [1.29, 1.82) is 0 Å². The molecule has 3 rings (SSSR count). The molecule has 0 spiro atoms. The molecular formula is C23H28F2N4O2. The van der Waals surface area contributed by atoms with Crippen molar-refractivity contribution >= 4 is 23.3 Å². The molecular weight excluding hydrogens is 402 g/mol. The van der Waals surface area contributed by atoms with Crippen LogP contribution < -0.4 is 20.9 Å². The van der Waals surface area contributed by atoms with Crippen molar-refractivity contribution in [1.82, 2.24) is 10.6 Å². The molecule has 0 radical (unpaired) electrons. The molecule has 3 N–H and O–H groups in total. The fraction of sp³-hybridized carbons (Fsp3) is 0.391. The van der Waals surface area contributed by atoms with Gasteiger partial charge in [0.15, 0.2) is 11.6 Å². The number of benzene rings is 2. The highest BCUT2D eigenvalue weighted by Crippen LogP contribution is 2.25. The van der Waals surface area contributed by atoms with Crippen molar-refractivity contribution in [3.05, 3.63) is 59.7 Å². The highest BCUT2D eigenvalue weighted by molar-refractivity contribution is 5.89. The second kappa shape index (κ2) is 10.7. The molecule has 1 aliphatic heterocycles. The zero-order valence-electron chi connectivity index (χ0n) is 17.6. The minimum atomic E-state index is -0.852. The highest BCUT2D eigenvalue weighted by Gasteiger charge is 2.23. The molecule has 0 saturated carbocycles. The van der Waals surface area contributed by atoms with E-state index in [9.17, 15) is 18.4 Å². The summed E-state index contributed by atoms with van der Waals surface area (Å²) in [6.07, 6.45) is 1.99. The van der Waals surface area contributed by atoms with Crippen LogP contribution in [0, 0.1) is 17.6 Å². The van der Waals surface area contributed by atoms with Crippen molar-refractivity contribution in [3.63, 3.8) is 0 Å². The number of urea groups is 1. The van der Waals surface area contributed by atoms with Gasteiger partial charge in [-0.2, -0.15) is 0 Å². The van der Waals surface area contributed by atoms with E-state index in [1.807, 2.05) is 24.0 Å². The molecule has 1 saturated heterocycles. The number of carbonyl (C=O) groups is 2.